The van der Waals surface area contributed by atoms with Gasteiger partial charge in [-0.25, -0.2) is 0 Å². The van der Waals surface area contributed by atoms with Crippen molar-refractivity contribution in [1.82, 2.24) is 5.32 Å². The molecule has 0 amide bonds. The minimum atomic E-state index is 0.556. The van der Waals surface area contributed by atoms with Crippen LogP contribution >= 0.6 is 22.7 Å². The van der Waals surface area contributed by atoms with Crippen molar-refractivity contribution in [2.24, 2.45) is 0 Å². The molecular weight excluding hydrogens is 284 g/mol. The van der Waals surface area contributed by atoms with Crippen molar-refractivity contribution in [1.29, 1.82) is 0 Å². The zero-order valence-electron chi connectivity index (χ0n) is 11.1. The maximum Gasteiger partial charge on any atom is 0.0522 e. The van der Waals surface area contributed by atoms with Crippen molar-refractivity contribution in [3.05, 3.63) is 46.5 Å². The van der Waals surface area contributed by atoms with E-state index < -0.39 is 0 Å². The smallest absolute Gasteiger partial charge is 0.0522 e. The second kappa shape index (κ2) is 5.20. The fraction of sp³-hybridized carbons (Fsp3) is 0.250. The maximum absolute atomic E-state index is 3.48. The molecule has 0 radical (unpaired) electrons. The minimum absolute atomic E-state index is 0.556. The Bertz CT molecular complexity index is 696. The topological polar surface area (TPSA) is 15.3 Å². The lowest BCUT2D eigenvalue weighted by molar-refractivity contribution is 0.713. The highest BCUT2D eigenvalue weighted by Crippen LogP contribution is 2.34. The van der Waals surface area contributed by atoms with Crippen molar-refractivity contribution in [2.45, 2.75) is 12.5 Å². The molecule has 1 saturated heterocycles. The molecule has 2 aromatic heterocycles. The number of hydrogen-bond acceptors (Lipinski definition) is 4. The summed E-state index contributed by atoms with van der Waals surface area (Å²) in [7, 11) is 0. The molecule has 1 aliphatic rings. The van der Waals surface area contributed by atoms with Crippen LogP contribution < -0.4 is 10.2 Å². The first-order valence-electron chi connectivity index (χ1n) is 6.91. The van der Waals surface area contributed by atoms with Gasteiger partial charge in [-0.2, -0.15) is 11.3 Å². The van der Waals surface area contributed by atoms with Crippen molar-refractivity contribution >= 4 is 44.1 Å². The highest BCUT2D eigenvalue weighted by atomic mass is 32.1. The van der Waals surface area contributed by atoms with Crippen LogP contribution in [0, 0.1) is 0 Å². The molecule has 2 nitrogen and oxygen atoms in total. The number of nitrogens with one attached hydrogen (secondary N) is 1. The van der Waals surface area contributed by atoms with Crippen LogP contribution in [0.2, 0.25) is 0 Å². The highest BCUT2D eigenvalue weighted by molar-refractivity contribution is 7.17. The van der Waals surface area contributed by atoms with Gasteiger partial charge in [-0.3, -0.25) is 0 Å². The molecule has 20 heavy (non-hydrogen) atoms. The van der Waals surface area contributed by atoms with Gasteiger partial charge >= 0.3 is 0 Å². The molecule has 1 atom stereocenters. The average Bonchev–Trinajstić information content (AvgIpc) is 3.22. The Labute approximate surface area is 126 Å². The molecule has 0 bridgehead atoms. The maximum atomic E-state index is 3.48. The van der Waals surface area contributed by atoms with Gasteiger partial charge in [0.25, 0.3) is 0 Å². The number of rotatable bonds is 3. The molecule has 1 aromatic carbocycles. The van der Waals surface area contributed by atoms with Crippen molar-refractivity contribution < 1.29 is 0 Å². The summed E-state index contributed by atoms with van der Waals surface area (Å²) in [6.07, 6.45) is 1.21. The van der Waals surface area contributed by atoms with E-state index in [1.54, 1.807) is 11.3 Å². The first-order chi connectivity index (χ1) is 9.92. The first-order valence-corrected chi connectivity index (χ1v) is 8.73. The Hall–Kier alpha value is -1.36. The standard InChI is InChI=1S/C16H16N2S2/c1-2-16-12(4-8-20-16)9-13(1)18(14-3-6-17-10-14)15-5-7-19-11-15/h1-2,4-5,7-9,11,14,17H,3,6,10H2/t14-/m0/s1. The quantitative estimate of drug-likeness (QED) is 0.768. The summed E-state index contributed by atoms with van der Waals surface area (Å²) in [5.41, 5.74) is 2.63. The molecule has 3 aromatic rings. The Morgan fingerprint density at radius 2 is 2.10 bits per heavy atom. The molecule has 1 aliphatic heterocycles. The lowest BCUT2D eigenvalue weighted by atomic mass is 10.1. The van der Waals surface area contributed by atoms with Gasteiger partial charge in [-0.15, -0.1) is 11.3 Å². The van der Waals surface area contributed by atoms with E-state index in [1.165, 1.54) is 27.9 Å². The Morgan fingerprint density at radius 1 is 1.10 bits per heavy atom. The molecular formula is C16H16N2S2. The molecule has 3 heterocycles. The second-order valence-corrected chi connectivity index (χ2v) is 6.87. The van der Waals surface area contributed by atoms with E-state index in [-0.39, 0.29) is 0 Å². The van der Waals surface area contributed by atoms with E-state index in [0.717, 1.165) is 13.1 Å². The number of benzene rings is 1. The first kappa shape index (κ1) is 12.4. The summed E-state index contributed by atoms with van der Waals surface area (Å²) in [4.78, 5) is 2.49. The lowest BCUT2D eigenvalue weighted by Gasteiger charge is -2.30. The van der Waals surface area contributed by atoms with Crippen LogP contribution in [0.1, 0.15) is 6.42 Å². The Morgan fingerprint density at radius 3 is 2.90 bits per heavy atom. The summed E-state index contributed by atoms with van der Waals surface area (Å²) in [5.74, 6) is 0. The van der Waals surface area contributed by atoms with Gasteiger partial charge in [-0.05, 0) is 59.4 Å². The summed E-state index contributed by atoms with van der Waals surface area (Å²) < 4.78 is 1.36. The van der Waals surface area contributed by atoms with Crippen molar-refractivity contribution in [3.8, 4) is 0 Å². The Balaban J connectivity index is 1.80. The second-order valence-electron chi connectivity index (χ2n) is 5.14. The average molecular weight is 300 g/mol. The fourth-order valence-electron chi connectivity index (χ4n) is 2.93. The van der Waals surface area contributed by atoms with Crippen molar-refractivity contribution in [3.63, 3.8) is 0 Å². The highest BCUT2D eigenvalue weighted by Gasteiger charge is 2.24. The van der Waals surface area contributed by atoms with Gasteiger partial charge in [0.15, 0.2) is 0 Å². The monoisotopic (exact) mass is 300 g/mol. The van der Waals surface area contributed by atoms with Gasteiger partial charge in [-0.1, -0.05) is 0 Å². The van der Waals surface area contributed by atoms with Crippen molar-refractivity contribution in [2.75, 3.05) is 18.0 Å². The van der Waals surface area contributed by atoms with Crippen LogP contribution in [0.25, 0.3) is 10.1 Å². The summed E-state index contributed by atoms with van der Waals surface area (Å²) in [5, 5.41) is 11.4. The van der Waals surface area contributed by atoms with E-state index in [2.05, 4.69) is 56.7 Å². The van der Waals surface area contributed by atoms with E-state index in [4.69, 9.17) is 0 Å². The molecule has 0 spiro atoms. The summed E-state index contributed by atoms with van der Waals surface area (Å²) in [6, 6.07) is 11.8. The largest absolute Gasteiger partial charge is 0.336 e. The molecule has 1 fully saturated rings. The number of hydrogen-bond donors (Lipinski definition) is 1. The summed E-state index contributed by atoms with van der Waals surface area (Å²) >= 11 is 3.58. The number of thiophene rings is 2. The number of anilines is 2. The zero-order valence-corrected chi connectivity index (χ0v) is 12.7. The molecule has 1 N–H and O–H groups in total. The number of nitrogens with zero attached hydrogens (tertiary/aromatic N) is 1. The van der Waals surface area contributed by atoms with Crippen LogP contribution in [-0.2, 0) is 0 Å². The van der Waals surface area contributed by atoms with Gasteiger partial charge in [0.05, 0.1) is 5.69 Å². The van der Waals surface area contributed by atoms with E-state index in [9.17, 15) is 0 Å². The van der Waals surface area contributed by atoms with Crippen LogP contribution in [0.4, 0.5) is 11.4 Å². The molecule has 4 rings (SSSR count). The Kier molecular flexibility index (Phi) is 3.22. The van der Waals surface area contributed by atoms with E-state index in [1.807, 2.05) is 11.3 Å². The molecule has 102 valence electrons. The van der Waals surface area contributed by atoms with Gasteiger partial charge in [0.2, 0.25) is 0 Å². The summed E-state index contributed by atoms with van der Waals surface area (Å²) in [6.45, 7) is 2.18. The van der Waals surface area contributed by atoms with E-state index in [0.29, 0.717) is 6.04 Å². The molecule has 0 unspecified atom stereocenters. The van der Waals surface area contributed by atoms with Crippen LogP contribution in [0.15, 0.2) is 46.5 Å². The third kappa shape index (κ3) is 2.14. The normalized spacial score (nSPS) is 18.7. The van der Waals surface area contributed by atoms with Crippen LogP contribution in [0.3, 0.4) is 0 Å². The molecule has 4 heteroatoms. The predicted molar refractivity (Wildman–Crippen MR) is 89.6 cm³/mol. The minimum Gasteiger partial charge on any atom is -0.336 e. The SMILES string of the molecule is c1cc(N(c2ccc3sccc3c2)[C@H]2CCNC2)cs1. The third-order valence-electron chi connectivity index (χ3n) is 3.90. The third-order valence-corrected chi connectivity index (χ3v) is 5.47. The van der Waals surface area contributed by atoms with Gasteiger partial charge in [0.1, 0.15) is 0 Å². The van der Waals surface area contributed by atoms with Gasteiger partial charge in [0, 0.05) is 28.4 Å². The molecule has 0 aliphatic carbocycles. The lowest BCUT2D eigenvalue weighted by Crippen LogP contribution is -2.32. The van der Waals surface area contributed by atoms with Gasteiger partial charge < -0.3 is 10.2 Å². The van der Waals surface area contributed by atoms with E-state index >= 15 is 0 Å². The van der Waals surface area contributed by atoms with Crippen LogP contribution in [-0.4, -0.2) is 19.1 Å². The molecule has 0 saturated carbocycles. The zero-order chi connectivity index (χ0) is 13.4. The fourth-order valence-corrected chi connectivity index (χ4v) is 4.33. The predicted octanol–water partition coefficient (Wildman–Crippen LogP) is 4.46. The number of fused-ring (bicyclic) bond motifs is 1. The van der Waals surface area contributed by atoms with Crippen LogP contribution in [0.5, 0.6) is 0 Å².